The van der Waals surface area contributed by atoms with Gasteiger partial charge < -0.3 is 15.3 Å². The lowest BCUT2D eigenvalue weighted by Crippen LogP contribution is -2.51. The average molecular weight is 351 g/mol. The Morgan fingerprint density at radius 1 is 1.20 bits per heavy atom. The van der Waals surface area contributed by atoms with E-state index < -0.39 is 23.5 Å². The second kappa shape index (κ2) is 6.65. The normalized spacial score (nSPS) is 29.0. The van der Waals surface area contributed by atoms with E-state index in [0.717, 1.165) is 24.2 Å². The zero-order chi connectivity index (χ0) is 18.2. The van der Waals surface area contributed by atoms with E-state index in [0.29, 0.717) is 25.8 Å². The third kappa shape index (κ3) is 3.34. The highest BCUT2D eigenvalue weighted by atomic mass is 16.4. The van der Waals surface area contributed by atoms with Gasteiger partial charge in [0.2, 0.25) is 5.91 Å². The van der Waals surface area contributed by atoms with Gasteiger partial charge in [0.1, 0.15) is 12.1 Å². The maximum atomic E-state index is 12.7. The number of carbonyl (C=O) groups is 4. The first-order valence-corrected chi connectivity index (χ1v) is 8.97. The van der Waals surface area contributed by atoms with Crippen molar-refractivity contribution in [3.63, 3.8) is 0 Å². The average Bonchev–Trinajstić information content (AvgIpc) is 2.79. The molecule has 0 aromatic carbocycles. The molecule has 0 radical (unpaired) electrons. The predicted molar refractivity (Wildman–Crippen MR) is 87.5 cm³/mol. The van der Waals surface area contributed by atoms with Crippen LogP contribution in [0.2, 0.25) is 0 Å². The van der Waals surface area contributed by atoms with Crippen LogP contribution >= 0.6 is 0 Å². The smallest absolute Gasteiger partial charge is 0.325 e. The number of urea groups is 1. The minimum Gasteiger partial charge on any atom is -0.481 e. The molecule has 3 rings (SSSR count). The highest BCUT2D eigenvalue weighted by Crippen LogP contribution is 2.33. The van der Waals surface area contributed by atoms with Crippen molar-refractivity contribution >= 4 is 23.8 Å². The van der Waals surface area contributed by atoms with Crippen molar-refractivity contribution in [2.45, 2.75) is 51.0 Å². The molecule has 1 spiro atoms. The molecule has 138 valence electrons. The summed E-state index contributed by atoms with van der Waals surface area (Å²) in [7, 11) is 0. The molecule has 2 atom stereocenters. The fraction of sp³-hybridized carbons (Fsp3) is 0.765. The molecule has 0 bridgehead atoms. The molecule has 2 unspecified atom stereocenters. The molecular weight excluding hydrogens is 326 g/mol. The SMILES string of the molecule is CC1CC(C(=O)O)CN(C(=O)CN2C(=O)NC3(CCCCC3)C2=O)C1. The Balaban J connectivity index is 1.67. The van der Waals surface area contributed by atoms with Gasteiger partial charge in [0, 0.05) is 13.1 Å². The van der Waals surface area contributed by atoms with Crippen LogP contribution in [0.5, 0.6) is 0 Å². The number of hydrogen-bond donors (Lipinski definition) is 2. The number of amides is 4. The third-order valence-corrected chi connectivity index (χ3v) is 5.61. The Kier molecular flexibility index (Phi) is 4.71. The van der Waals surface area contributed by atoms with E-state index in [1.54, 1.807) is 0 Å². The maximum Gasteiger partial charge on any atom is 0.325 e. The summed E-state index contributed by atoms with van der Waals surface area (Å²) in [5.74, 6) is -2.12. The molecule has 2 N–H and O–H groups in total. The number of nitrogens with zero attached hydrogens (tertiary/aromatic N) is 2. The number of carbonyl (C=O) groups excluding carboxylic acids is 3. The Hall–Kier alpha value is -2.12. The quantitative estimate of drug-likeness (QED) is 0.732. The first kappa shape index (κ1) is 17.7. The summed E-state index contributed by atoms with van der Waals surface area (Å²) >= 11 is 0. The van der Waals surface area contributed by atoms with Crippen LogP contribution < -0.4 is 5.32 Å². The second-order valence-corrected chi connectivity index (χ2v) is 7.64. The van der Waals surface area contributed by atoms with E-state index in [1.807, 2.05) is 6.92 Å². The lowest BCUT2D eigenvalue weighted by molar-refractivity contribution is -0.148. The van der Waals surface area contributed by atoms with Crippen molar-refractivity contribution in [1.29, 1.82) is 0 Å². The first-order valence-electron chi connectivity index (χ1n) is 8.97. The zero-order valence-electron chi connectivity index (χ0n) is 14.5. The molecule has 8 nitrogen and oxygen atoms in total. The summed E-state index contributed by atoms with van der Waals surface area (Å²) in [5.41, 5.74) is -0.839. The number of rotatable bonds is 3. The highest BCUT2D eigenvalue weighted by Gasteiger charge is 2.52. The maximum absolute atomic E-state index is 12.7. The topological polar surface area (TPSA) is 107 Å². The molecule has 4 amide bonds. The molecule has 25 heavy (non-hydrogen) atoms. The van der Waals surface area contributed by atoms with Crippen LogP contribution in [0.3, 0.4) is 0 Å². The number of imide groups is 1. The molecule has 2 aliphatic heterocycles. The van der Waals surface area contributed by atoms with E-state index in [1.165, 1.54) is 4.90 Å². The minimum atomic E-state index is -0.916. The van der Waals surface area contributed by atoms with Crippen LogP contribution in [0.15, 0.2) is 0 Å². The van der Waals surface area contributed by atoms with E-state index in [9.17, 15) is 24.3 Å². The van der Waals surface area contributed by atoms with E-state index in [-0.39, 0.29) is 30.8 Å². The molecule has 2 saturated heterocycles. The van der Waals surface area contributed by atoms with Crippen LogP contribution in [0.1, 0.15) is 45.4 Å². The zero-order valence-corrected chi connectivity index (χ0v) is 14.5. The molecule has 3 aliphatic rings. The Labute approximate surface area is 146 Å². The van der Waals surface area contributed by atoms with Gasteiger partial charge in [-0.25, -0.2) is 4.79 Å². The molecular formula is C17H25N3O5. The van der Waals surface area contributed by atoms with Crippen LogP contribution in [-0.4, -0.2) is 63.9 Å². The number of piperidine rings is 1. The van der Waals surface area contributed by atoms with Crippen molar-refractivity contribution in [2.75, 3.05) is 19.6 Å². The van der Waals surface area contributed by atoms with Gasteiger partial charge in [-0.15, -0.1) is 0 Å². The molecule has 8 heteroatoms. The molecule has 3 fully saturated rings. The number of carboxylic acids is 1. The van der Waals surface area contributed by atoms with Gasteiger partial charge in [0.15, 0.2) is 0 Å². The van der Waals surface area contributed by atoms with E-state index in [4.69, 9.17) is 0 Å². The molecule has 2 heterocycles. The number of nitrogens with one attached hydrogen (secondary N) is 1. The number of carboxylic acid groups (broad SMARTS) is 1. The Bertz CT molecular complexity index is 599. The van der Waals surface area contributed by atoms with Crippen LogP contribution in [0.25, 0.3) is 0 Å². The van der Waals surface area contributed by atoms with Gasteiger partial charge in [-0.05, 0) is 25.2 Å². The van der Waals surface area contributed by atoms with Crippen molar-refractivity contribution in [3.8, 4) is 0 Å². The number of hydrogen-bond acceptors (Lipinski definition) is 4. The fourth-order valence-corrected chi connectivity index (χ4v) is 4.28. The molecule has 1 aliphatic carbocycles. The standard InChI is InChI=1S/C17H25N3O5/c1-11-7-12(14(22)23)9-19(8-11)13(21)10-20-15(24)17(18-16(20)25)5-3-2-4-6-17/h11-12H,2-10H2,1H3,(H,18,25)(H,22,23). The van der Waals surface area contributed by atoms with Crippen molar-refractivity contribution in [2.24, 2.45) is 11.8 Å². The van der Waals surface area contributed by atoms with Gasteiger partial charge in [-0.3, -0.25) is 19.3 Å². The van der Waals surface area contributed by atoms with Crippen LogP contribution in [0.4, 0.5) is 4.79 Å². The molecule has 0 aromatic rings. The van der Waals surface area contributed by atoms with E-state index >= 15 is 0 Å². The fourth-order valence-electron chi connectivity index (χ4n) is 4.28. The summed E-state index contributed by atoms with van der Waals surface area (Å²) in [6.07, 6.45) is 4.58. The van der Waals surface area contributed by atoms with Gasteiger partial charge in [-0.1, -0.05) is 26.2 Å². The van der Waals surface area contributed by atoms with Gasteiger partial charge in [0.05, 0.1) is 5.92 Å². The monoisotopic (exact) mass is 351 g/mol. The summed E-state index contributed by atoms with van der Waals surface area (Å²) < 4.78 is 0. The van der Waals surface area contributed by atoms with Gasteiger partial charge in [0.25, 0.3) is 5.91 Å². The van der Waals surface area contributed by atoms with Crippen LogP contribution in [-0.2, 0) is 14.4 Å². The summed E-state index contributed by atoms with van der Waals surface area (Å²) in [6.45, 7) is 2.18. The number of aliphatic carboxylic acids is 1. The number of likely N-dealkylation sites (tertiary alicyclic amines) is 1. The Morgan fingerprint density at radius 3 is 2.52 bits per heavy atom. The summed E-state index contributed by atoms with van der Waals surface area (Å²) in [6, 6.07) is -0.514. The van der Waals surface area contributed by atoms with Crippen LogP contribution in [0, 0.1) is 11.8 Å². The van der Waals surface area contributed by atoms with Crippen molar-refractivity contribution in [3.05, 3.63) is 0 Å². The minimum absolute atomic E-state index is 0.0755. The second-order valence-electron chi connectivity index (χ2n) is 7.64. The lowest BCUT2D eigenvalue weighted by Gasteiger charge is -2.35. The van der Waals surface area contributed by atoms with Gasteiger partial charge in [-0.2, -0.15) is 0 Å². The lowest BCUT2D eigenvalue weighted by atomic mass is 9.82. The van der Waals surface area contributed by atoms with Crippen molar-refractivity contribution < 1.29 is 24.3 Å². The molecule has 1 saturated carbocycles. The Morgan fingerprint density at radius 2 is 1.88 bits per heavy atom. The highest BCUT2D eigenvalue weighted by molar-refractivity contribution is 6.09. The largest absolute Gasteiger partial charge is 0.481 e. The van der Waals surface area contributed by atoms with Crippen molar-refractivity contribution in [1.82, 2.24) is 15.1 Å². The predicted octanol–water partition coefficient (Wildman–Crippen LogP) is 0.810. The van der Waals surface area contributed by atoms with Gasteiger partial charge >= 0.3 is 12.0 Å². The molecule has 0 aromatic heterocycles. The van der Waals surface area contributed by atoms with E-state index in [2.05, 4.69) is 5.32 Å². The third-order valence-electron chi connectivity index (χ3n) is 5.61. The summed E-state index contributed by atoms with van der Waals surface area (Å²) in [4.78, 5) is 51.3. The first-order chi connectivity index (χ1) is 11.8. The summed E-state index contributed by atoms with van der Waals surface area (Å²) in [5, 5.41) is 12.0.